The quantitative estimate of drug-likeness (QED) is 0.800. The Hall–Kier alpha value is -1.70. The van der Waals surface area contributed by atoms with E-state index in [9.17, 15) is 4.79 Å². The van der Waals surface area contributed by atoms with E-state index in [0.717, 1.165) is 60.5 Å². The van der Waals surface area contributed by atoms with Gasteiger partial charge in [0.15, 0.2) is 5.65 Å². The van der Waals surface area contributed by atoms with Crippen LogP contribution in [-0.4, -0.2) is 56.7 Å². The second-order valence-corrected chi connectivity index (χ2v) is 6.65. The SMILES string of the molecule is Cn1nc(Br)c2c(N3CCN(C(=O)C4CC4)CC3)ncnc21. The van der Waals surface area contributed by atoms with Gasteiger partial charge in [-0.25, -0.2) is 14.6 Å². The maximum atomic E-state index is 12.1. The third-order valence-corrected chi connectivity index (χ3v) is 4.93. The first kappa shape index (κ1) is 13.9. The molecule has 8 heteroatoms. The van der Waals surface area contributed by atoms with E-state index in [0.29, 0.717) is 11.8 Å². The molecule has 0 N–H and O–H groups in total. The molecule has 1 amide bonds. The highest BCUT2D eigenvalue weighted by molar-refractivity contribution is 9.10. The van der Waals surface area contributed by atoms with Crippen LogP contribution in [0.4, 0.5) is 5.82 Å². The van der Waals surface area contributed by atoms with Crippen molar-refractivity contribution in [2.24, 2.45) is 13.0 Å². The van der Waals surface area contributed by atoms with E-state index in [2.05, 4.69) is 35.9 Å². The summed E-state index contributed by atoms with van der Waals surface area (Å²) in [5.41, 5.74) is 0.813. The number of rotatable bonds is 2. The summed E-state index contributed by atoms with van der Waals surface area (Å²) in [7, 11) is 1.87. The Morgan fingerprint density at radius 1 is 1.23 bits per heavy atom. The number of amides is 1. The lowest BCUT2D eigenvalue weighted by atomic mass is 10.2. The molecule has 22 heavy (non-hydrogen) atoms. The zero-order chi connectivity index (χ0) is 15.3. The lowest BCUT2D eigenvalue weighted by Crippen LogP contribution is -2.49. The van der Waals surface area contributed by atoms with Crippen molar-refractivity contribution in [3.05, 3.63) is 10.9 Å². The first-order chi connectivity index (χ1) is 10.6. The fraction of sp³-hybridized carbons (Fsp3) is 0.571. The predicted molar refractivity (Wildman–Crippen MR) is 85.5 cm³/mol. The largest absolute Gasteiger partial charge is 0.352 e. The Kier molecular flexibility index (Phi) is 3.28. The third kappa shape index (κ3) is 2.25. The number of piperazine rings is 1. The maximum Gasteiger partial charge on any atom is 0.225 e. The summed E-state index contributed by atoms with van der Waals surface area (Å²) >= 11 is 3.49. The summed E-state index contributed by atoms with van der Waals surface area (Å²) in [6.45, 7) is 3.12. The number of carbonyl (C=O) groups is 1. The van der Waals surface area contributed by atoms with Crippen LogP contribution in [-0.2, 0) is 11.8 Å². The monoisotopic (exact) mass is 364 g/mol. The van der Waals surface area contributed by atoms with Crippen LogP contribution in [0.15, 0.2) is 10.9 Å². The molecule has 2 fully saturated rings. The summed E-state index contributed by atoms with van der Waals surface area (Å²) in [5.74, 6) is 1.52. The van der Waals surface area contributed by atoms with Gasteiger partial charge in [0.1, 0.15) is 16.7 Å². The van der Waals surface area contributed by atoms with Crippen LogP contribution < -0.4 is 4.90 Å². The molecule has 4 rings (SSSR count). The van der Waals surface area contributed by atoms with Crippen molar-refractivity contribution < 1.29 is 4.79 Å². The molecule has 7 nitrogen and oxygen atoms in total. The number of anilines is 1. The minimum absolute atomic E-state index is 0.296. The fourth-order valence-corrected chi connectivity index (χ4v) is 3.59. The third-order valence-electron chi connectivity index (χ3n) is 4.38. The standard InChI is InChI=1S/C14H17BrN6O/c1-19-12-10(11(15)18-19)13(17-8-16-12)20-4-6-21(7-5-20)14(22)9-2-3-9/h8-9H,2-7H2,1H3. The molecule has 2 aromatic heterocycles. The van der Waals surface area contributed by atoms with Crippen molar-refractivity contribution in [2.45, 2.75) is 12.8 Å². The van der Waals surface area contributed by atoms with E-state index >= 15 is 0 Å². The molecule has 1 aliphatic heterocycles. The molecule has 0 unspecified atom stereocenters. The molecule has 3 heterocycles. The van der Waals surface area contributed by atoms with E-state index in [1.54, 1.807) is 11.0 Å². The molecule has 0 spiro atoms. The van der Waals surface area contributed by atoms with Gasteiger partial charge in [-0.1, -0.05) is 0 Å². The Morgan fingerprint density at radius 2 is 1.95 bits per heavy atom. The highest BCUT2D eigenvalue weighted by atomic mass is 79.9. The summed E-state index contributed by atoms with van der Waals surface area (Å²) in [5, 5.41) is 5.30. The molecule has 1 saturated carbocycles. The number of nitrogens with zero attached hydrogens (tertiary/aromatic N) is 6. The van der Waals surface area contributed by atoms with Crippen LogP contribution in [0.25, 0.3) is 11.0 Å². The number of carbonyl (C=O) groups excluding carboxylic acids is 1. The Bertz CT molecular complexity index is 732. The van der Waals surface area contributed by atoms with Gasteiger partial charge in [0, 0.05) is 39.1 Å². The van der Waals surface area contributed by atoms with Crippen LogP contribution in [0.2, 0.25) is 0 Å². The normalized spacial score (nSPS) is 19.0. The lowest BCUT2D eigenvalue weighted by Gasteiger charge is -2.35. The number of fused-ring (bicyclic) bond motifs is 1. The Morgan fingerprint density at radius 3 is 2.64 bits per heavy atom. The molecule has 116 valence electrons. The van der Waals surface area contributed by atoms with Gasteiger partial charge in [-0.2, -0.15) is 5.10 Å². The van der Waals surface area contributed by atoms with Crippen LogP contribution in [0.3, 0.4) is 0 Å². The topological polar surface area (TPSA) is 67.2 Å². The number of aryl methyl sites for hydroxylation is 1. The molecule has 2 aromatic rings. The van der Waals surface area contributed by atoms with Crippen molar-refractivity contribution in [3.63, 3.8) is 0 Å². The second kappa shape index (κ2) is 5.19. The zero-order valence-electron chi connectivity index (χ0n) is 12.4. The smallest absolute Gasteiger partial charge is 0.225 e. The highest BCUT2D eigenvalue weighted by Gasteiger charge is 2.35. The van der Waals surface area contributed by atoms with Crippen molar-refractivity contribution in [2.75, 3.05) is 31.1 Å². The maximum absolute atomic E-state index is 12.1. The van der Waals surface area contributed by atoms with Crippen molar-refractivity contribution in [3.8, 4) is 0 Å². The Balaban J connectivity index is 1.57. The average Bonchev–Trinajstić information content (AvgIpc) is 3.34. The van der Waals surface area contributed by atoms with E-state index in [1.807, 2.05) is 11.9 Å². The molecule has 0 bridgehead atoms. The molecule has 0 radical (unpaired) electrons. The van der Waals surface area contributed by atoms with Gasteiger partial charge in [-0.05, 0) is 28.8 Å². The number of aromatic nitrogens is 4. The highest BCUT2D eigenvalue weighted by Crippen LogP contribution is 2.33. The minimum atomic E-state index is 0.296. The summed E-state index contributed by atoms with van der Waals surface area (Å²) in [6, 6.07) is 0. The molecule has 0 atom stereocenters. The molecule has 0 aromatic carbocycles. The molecule has 2 aliphatic rings. The van der Waals surface area contributed by atoms with E-state index < -0.39 is 0 Å². The summed E-state index contributed by atoms with van der Waals surface area (Å²) in [6.07, 6.45) is 3.70. The molecule has 1 aliphatic carbocycles. The van der Waals surface area contributed by atoms with Crippen molar-refractivity contribution >= 4 is 38.7 Å². The van der Waals surface area contributed by atoms with Crippen LogP contribution in [0, 0.1) is 5.92 Å². The fourth-order valence-electron chi connectivity index (χ4n) is 2.99. The van der Waals surface area contributed by atoms with Gasteiger partial charge < -0.3 is 9.80 Å². The first-order valence-corrected chi connectivity index (χ1v) is 8.31. The van der Waals surface area contributed by atoms with E-state index in [4.69, 9.17) is 0 Å². The van der Waals surface area contributed by atoms with Gasteiger partial charge >= 0.3 is 0 Å². The van der Waals surface area contributed by atoms with Gasteiger partial charge in [-0.15, -0.1) is 0 Å². The lowest BCUT2D eigenvalue weighted by molar-refractivity contribution is -0.132. The van der Waals surface area contributed by atoms with Gasteiger partial charge in [-0.3, -0.25) is 4.79 Å². The average molecular weight is 365 g/mol. The Labute approximate surface area is 136 Å². The minimum Gasteiger partial charge on any atom is -0.352 e. The number of halogens is 1. The van der Waals surface area contributed by atoms with Crippen LogP contribution in [0.1, 0.15) is 12.8 Å². The van der Waals surface area contributed by atoms with Crippen LogP contribution in [0.5, 0.6) is 0 Å². The van der Waals surface area contributed by atoms with E-state index in [-0.39, 0.29) is 0 Å². The van der Waals surface area contributed by atoms with Crippen LogP contribution >= 0.6 is 15.9 Å². The number of hydrogen-bond donors (Lipinski definition) is 0. The predicted octanol–water partition coefficient (Wildman–Crippen LogP) is 1.18. The van der Waals surface area contributed by atoms with Crippen molar-refractivity contribution in [1.29, 1.82) is 0 Å². The first-order valence-electron chi connectivity index (χ1n) is 7.52. The van der Waals surface area contributed by atoms with Gasteiger partial charge in [0.2, 0.25) is 5.91 Å². The zero-order valence-corrected chi connectivity index (χ0v) is 14.0. The molecular weight excluding hydrogens is 348 g/mol. The molecular formula is C14H17BrN6O. The summed E-state index contributed by atoms with van der Waals surface area (Å²) in [4.78, 5) is 25.1. The second-order valence-electron chi connectivity index (χ2n) is 5.90. The number of hydrogen-bond acceptors (Lipinski definition) is 5. The summed E-state index contributed by atoms with van der Waals surface area (Å²) < 4.78 is 2.51. The van der Waals surface area contributed by atoms with Crippen molar-refractivity contribution in [1.82, 2.24) is 24.6 Å². The van der Waals surface area contributed by atoms with Gasteiger partial charge in [0.25, 0.3) is 0 Å². The van der Waals surface area contributed by atoms with Gasteiger partial charge in [0.05, 0.1) is 5.39 Å². The molecule has 1 saturated heterocycles. The van der Waals surface area contributed by atoms with E-state index in [1.165, 1.54) is 0 Å².